The molecule has 0 atom stereocenters. The van der Waals surface area contributed by atoms with E-state index in [0.29, 0.717) is 0 Å². The number of nitrogens with one attached hydrogen (secondary N) is 1. The molecule has 18 heavy (non-hydrogen) atoms. The first-order chi connectivity index (χ1) is 8.70. The van der Waals surface area contributed by atoms with Crippen molar-refractivity contribution in [3.8, 4) is 11.3 Å². The summed E-state index contributed by atoms with van der Waals surface area (Å²) in [5.74, 6) is 0. The van der Waals surface area contributed by atoms with Crippen molar-refractivity contribution in [2.75, 3.05) is 6.54 Å². The molecule has 0 aliphatic rings. The molecule has 1 N–H and O–H groups in total. The van der Waals surface area contributed by atoms with E-state index in [-0.39, 0.29) is 0 Å². The monoisotopic (exact) mass is 263 g/mol. The summed E-state index contributed by atoms with van der Waals surface area (Å²) in [5.41, 5.74) is 3.32. The van der Waals surface area contributed by atoms with Gasteiger partial charge in [-0.3, -0.25) is 4.68 Å². The van der Waals surface area contributed by atoms with Crippen molar-refractivity contribution in [3.63, 3.8) is 0 Å². The minimum absolute atomic E-state index is 0.767. The van der Waals surface area contributed by atoms with Crippen molar-refractivity contribution in [2.24, 2.45) is 7.05 Å². The fraction of sp³-hybridized carbons (Fsp3) is 0.357. The van der Waals surface area contributed by atoms with Crippen LogP contribution in [0.2, 0.25) is 5.02 Å². The van der Waals surface area contributed by atoms with Gasteiger partial charge in [0.05, 0.1) is 5.69 Å². The third kappa shape index (κ3) is 3.12. The average Bonchev–Trinajstić information content (AvgIpc) is 2.76. The molecule has 4 heteroatoms. The van der Waals surface area contributed by atoms with E-state index in [4.69, 9.17) is 11.6 Å². The molecule has 0 spiro atoms. The van der Waals surface area contributed by atoms with Gasteiger partial charge in [-0.25, -0.2) is 0 Å². The molecule has 96 valence electrons. The summed E-state index contributed by atoms with van der Waals surface area (Å²) in [7, 11) is 1.93. The van der Waals surface area contributed by atoms with Gasteiger partial charge in [-0.1, -0.05) is 24.6 Å². The SMILES string of the molecule is CCCNCc1cc(Cl)ccc1-c1ccn(C)n1. The Morgan fingerprint density at radius 3 is 2.83 bits per heavy atom. The molecule has 0 aliphatic carbocycles. The van der Waals surface area contributed by atoms with Gasteiger partial charge in [0.2, 0.25) is 0 Å². The molecule has 0 bridgehead atoms. The molecule has 0 amide bonds. The van der Waals surface area contributed by atoms with Gasteiger partial charge in [-0.15, -0.1) is 0 Å². The van der Waals surface area contributed by atoms with E-state index in [1.54, 1.807) is 0 Å². The summed E-state index contributed by atoms with van der Waals surface area (Å²) in [4.78, 5) is 0. The van der Waals surface area contributed by atoms with Crippen LogP contribution in [0.4, 0.5) is 0 Å². The minimum Gasteiger partial charge on any atom is -0.313 e. The van der Waals surface area contributed by atoms with E-state index in [9.17, 15) is 0 Å². The molecule has 1 aromatic carbocycles. The molecule has 1 aromatic heterocycles. The van der Waals surface area contributed by atoms with Crippen molar-refractivity contribution < 1.29 is 0 Å². The molecule has 0 unspecified atom stereocenters. The van der Waals surface area contributed by atoms with Crippen LogP contribution in [0.15, 0.2) is 30.5 Å². The predicted molar refractivity (Wildman–Crippen MR) is 75.7 cm³/mol. The van der Waals surface area contributed by atoms with Gasteiger partial charge >= 0.3 is 0 Å². The van der Waals surface area contributed by atoms with Gasteiger partial charge in [-0.05, 0) is 36.7 Å². The summed E-state index contributed by atoms with van der Waals surface area (Å²) in [5, 5.41) is 8.61. The van der Waals surface area contributed by atoms with Gasteiger partial charge in [0.1, 0.15) is 0 Å². The zero-order valence-corrected chi connectivity index (χ0v) is 11.5. The number of aromatic nitrogens is 2. The Bertz CT molecular complexity index is 520. The van der Waals surface area contributed by atoms with Crippen LogP contribution in [0.25, 0.3) is 11.3 Å². The number of nitrogens with zero attached hydrogens (tertiary/aromatic N) is 2. The summed E-state index contributed by atoms with van der Waals surface area (Å²) in [6.07, 6.45) is 3.08. The van der Waals surface area contributed by atoms with Crippen LogP contribution in [0.5, 0.6) is 0 Å². The van der Waals surface area contributed by atoms with Crippen LogP contribution in [0, 0.1) is 0 Å². The normalized spacial score (nSPS) is 10.8. The molecular weight excluding hydrogens is 246 g/mol. The molecule has 0 radical (unpaired) electrons. The summed E-state index contributed by atoms with van der Waals surface area (Å²) in [6, 6.07) is 7.98. The van der Waals surface area contributed by atoms with Crippen molar-refractivity contribution in [1.82, 2.24) is 15.1 Å². The van der Waals surface area contributed by atoms with E-state index in [1.807, 2.05) is 42.2 Å². The highest BCUT2D eigenvalue weighted by atomic mass is 35.5. The number of benzene rings is 1. The first-order valence-electron chi connectivity index (χ1n) is 6.20. The highest BCUT2D eigenvalue weighted by Gasteiger charge is 2.08. The lowest BCUT2D eigenvalue weighted by Crippen LogP contribution is -2.14. The van der Waals surface area contributed by atoms with Gasteiger partial charge < -0.3 is 5.32 Å². The van der Waals surface area contributed by atoms with Gasteiger partial charge in [0.25, 0.3) is 0 Å². The molecular formula is C14H18ClN3. The Kier molecular flexibility index (Phi) is 4.39. The Hall–Kier alpha value is -1.32. The number of rotatable bonds is 5. The lowest BCUT2D eigenvalue weighted by Gasteiger charge is -2.09. The summed E-state index contributed by atoms with van der Waals surface area (Å²) >= 11 is 6.07. The second-order valence-corrected chi connectivity index (χ2v) is 4.79. The van der Waals surface area contributed by atoms with Crippen LogP contribution in [-0.2, 0) is 13.6 Å². The van der Waals surface area contributed by atoms with Crippen molar-refractivity contribution in [1.29, 1.82) is 0 Å². The zero-order valence-electron chi connectivity index (χ0n) is 10.8. The molecule has 0 aliphatic heterocycles. The standard InChI is InChI=1S/C14H18ClN3/c1-3-7-16-10-11-9-12(15)4-5-13(11)14-6-8-18(2)17-14/h4-6,8-9,16H,3,7,10H2,1-2H3. The first-order valence-corrected chi connectivity index (χ1v) is 6.57. The van der Waals surface area contributed by atoms with Crippen molar-refractivity contribution >= 4 is 11.6 Å². The van der Waals surface area contributed by atoms with Crippen LogP contribution < -0.4 is 5.32 Å². The fourth-order valence-corrected chi connectivity index (χ4v) is 2.11. The zero-order chi connectivity index (χ0) is 13.0. The number of hydrogen-bond acceptors (Lipinski definition) is 2. The summed E-state index contributed by atoms with van der Waals surface area (Å²) in [6.45, 7) is 3.99. The van der Waals surface area contributed by atoms with Crippen molar-refractivity contribution in [3.05, 3.63) is 41.0 Å². The molecule has 0 saturated carbocycles. The molecule has 2 rings (SSSR count). The molecule has 3 nitrogen and oxygen atoms in total. The Labute approximate surface area is 113 Å². The number of hydrogen-bond donors (Lipinski definition) is 1. The van der Waals surface area contributed by atoms with E-state index in [0.717, 1.165) is 35.8 Å². The smallest absolute Gasteiger partial charge is 0.0926 e. The largest absolute Gasteiger partial charge is 0.313 e. The molecule has 1 heterocycles. The maximum atomic E-state index is 6.07. The molecule has 2 aromatic rings. The Balaban J connectivity index is 2.28. The Morgan fingerprint density at radius 1 is 1.33 bits per heavy atom. The van der Waals surface area contributed by atoms with E-state index in [2.05, 4.69) is 17.3 Å². The third-order valence-corrected chi connectivity index (χ3v) is 3.03. The highest BCUT2D eigenvalue weighted by molar-refractivity contribution is 6.30. The van der Waals surface area contributed by atoms with E-state index >= 15 is 0 Å². The lowest BCUT2D eigenvalue weighted by molar-refractivity contribution is 0.676. The van der Waals surface area contributed by atoms with E-state index < -0.39 is 0 Å². The topological polar surface area (TPSA) is 29.9 Å². The fourth-order valence-electron chi connectivity index (χ4n) is 1.92. The van der Waals surface area contributed by atoms with Crippen LogP contribution >= 0.6 is 11.6 Å². The lowest BCUT2D eigenvalue weighted by atomic mass is 10.0. The van der Waals surface area contributed by atoms with Crippen LogP contribution in [0.1, 0.15) is 18.9 Å². The second-order valence-electron chi connectivity index (χ2n) is 4.35. The van der Waals surface area contributed by atoms with Crippen LogP contribution in [-0.4, -0.2) is 16.3 Å². The predicted octanol–water partition coefficient (Wildman–Crippen LogP) is 3.24. The molecule has 0 fully saturated rings. The third-order valence-electron chi connectivity index (χ3n) is 2.80. The minimum atomic E-state index is 0.767. The average molecular weight is 264 g/mol. The van der Waals surface area contributed by atoms with Gasteiger partial charge in [0, 0.05) is 30.4 Å². The van der Waals surface area contributed by atoms with E-state index in [1.165, 1.54) is 5.56 Å². The quantitative estimate of drug-likeness (QED) is 0.840. The maximum Gasteiger partial charge on any atom is 0.0926 e. The highest BCUT2D eigenvalue weighted by Crippen LogP contribution is 2.25. The number of aryl methyl sites for hydroxylation is 1. The Morgan fingerprint density at radius 2 is 2.17 bits per heavy atom. The van der Waals surface area contributed by atoms with Crippen LogP contribution in [0.3, 0.4) is 0 Å². The van der Waals surface area contributed by atoms with Gasteiger partial charge in [-0.2, -0.15) is 5.10 Å². The number of halogens is 1. The molecule has 0 saturated heterocycles. The van der Waals surface area contributed by atoms with Crippen molar-refractivity contribution in [2.45, 2.75) is 19.9 Å². The second kappa shape index (κ2) is 6.03. The maximum absolute atomic E-state index is 6.07. The van der Waals surface area contributed by atoms with Gasteiger partial charge in [0.15, 0.2) is 0 Å². The summed E-state index contributed by atoms with van der Waals surface area (Å²) < 4.78 is 1.81. The first kappa shape index (κ1) is 13.1.